The molecule has 1 heterocycles. The molecular formula is C11H19NOS. The lowest BCUT2D eigenvalue weighted by Gasteiger charge is -2.23. The van der Waals surface area contributed by atoms with Crippen LogP contribution in [0.1, 0.15) is 19.8 Å². The maximum absolute atomic E-state index is 5.30. The second-order valence-corrected chi connectivity index (χ2v) is 5.06. The minimum Gasteiger partial charge on any atom is -0.381 e. The Hall–Kier alpha value is -0.410. The quantitative estimate of drug-likeness (QED) is 0.758. The van der Waals surface area contributed by atoms with Gasteiger partial charge in [0.15, 0.2) is 0 Å². The molecule has 1 saturated heterocycles. The molecule has 14 heavy (non-hydrogen) atoms. The number of hydrogen-bond acceptors (Lipinski definition) is 3. The first kappa shape index (κ1) is 11.7. The highest BCUT2D eigenvalue weighted by Gasteiger charge is 2.13. The zero-order valence-corrected chi connectivity index (χ0v) is 9.66. The number of allylic oxidation sites excluding steroid dienone is 1. The highest BCUT2D eigenvalue weighted by atomic mass is 32.2. The Morgan fingerprint density at radius 3 is 2.64 bits per heavy atom. The summed E-state index contributed by atoms with van der Waals surface area (Å²) in [5, 5.41) is 4.34. The molecule has 0 radical (unpaired) electrons. The summed E-state index contributed by atoms with van der Waals surface area (Å²) in [6.07, 6.45) is 2.33. The van der Waals surface area contributed by atoms with Crippen LogP contribution in [0.3, 0.4) is 0 Å². The molecule has 0 amide bonds. The van der Waals surface area contributed by atoms with Crippen LogP contribution in [0.5, 0.6) is 0 Å². The van der Waals surface area contributed by atoms with Crippen molar-refractivity contribution in [1.29, 1.82) is 0 Å². The molecular weight excluding hydrogens is 194 g/mol. The maximum atomic E-state index is 5.30. The fourth-order valence-corrected chi connectivity index (χ4v) is 2.03. The average Bonchev–Trinajstić information content (AvgIpc) is 2.15. The summed E-state index contributed by atoms with van der Waals surface area (Å²) in [4.78, 5) is 1.08. The van der Waals surface area contributed by atoms with Gasteiger partial charge in [0.1, 0.15) is 0 Å². The van der Waals surface area contributed by atoms with E-state index >= 15 is 0 Å². The summed E-state index contributed by atoms with van der Waals surface area (Å²) in [6.45, 7) is 12.6. The summed E-state index contributed by atoms with van der Waals surface area (Å²) >= 11 is 1.61. The van der Waals surface area contributed by atoms with Crippen molar-refractivity contribution in [2.45, 2.75) is 19.8 Å². The standard InChI is InChI=1S/C11H19NOS/c1-9(2)14-10(3)12-8-11-4-6-13-7-5-11/h11-12H,1,3-8H2,2H3. The lowest BCUT2D eigenvalue weighted by molar-refractivity contribution is 0.0672. The van der Waals surface area contributed by atoms with Gasteiger partial charge in [-0.2, -0.15) is 0 Å². The molecule has 1 aliphatic heterocycles. The third-order valence-electron chi connectivity index (χ3n) is 2.23. The molecule has 1 fully saturated rings. The molecule has 0 unspecified atom stereocenters. The van der Waals surface area contributed by atoms with E-state index < -0.39 is 0 Å². The molecule has 0 spiro atoms. The molecule has 1 rings (SSSR count). The van der Waals surface area contributed by atoms with Gasteiger partial charge in [0.2, 0.25) is 0 Å². The predicted molar refractivity (Wildman–Crippen MR) is 63.1 cm³/mol. The van der Waals surface area contributed by atoms with Crippen LogP contribution in [-0.2, 0) is 4.74 Å². The lowest BCUT2D eigenvalue weighted by atomic mass is 10.0. The molecule has 0 atom stereocenters. The van der Waals surface area contributed by atoms with Gasteiger partial charge in [-0.3, -0.25) is 0 Å². The Bertz CT molecular complexity index is 209. The number of ether oxygens (including phenoxy) is 1. The summed E-state index contributed by atoms with van der Waals surface area (Å²) in [6, 6.07) is 0. The van der Waals surface area contributed by atoms with Crippen LogP contribution in [0.15, 0.2) is 23.1 Å². The number of hydrogen-bond donors (Lipinski definition) is 1. The van der Waals surface area contributed by atoms with E-state index in [0.29, 0.717) is 0 Å². The largest absolute Gasteiger partial charge is 0.381 e. The maximum Gasteiger partial charge on any atom is 0.0653 e. The van der Waals surface area contributed by atoms with E-state index in [4.69, 9.17) is 4.74 Å². The highest BCUT2D eigenvalue weighted by molar-refractivity contribution is 8.06. The van der Waals surface area contributed by atoms with Crippen molar-refractivity contribution in [2.24, 2.45) is 5.92 Å². The van der Waals surface area contributed by atoms with Gasteiger partial charge in [-0.05, 0) is 30.6 Å². The summed E-state index contributed by atoms with van der Waals surface area (Å²) in [5.74, 6) is 0.742. The van der Waals surface area contributed by atoms with Gasteiger partial charge in [0, 0.05) is 19.8 Å². The summed E-state index contributed by atoms with van der Waals surface area (Å²) in [5.41, 5.74) is 0. The van der Waals surface area contributed by atoms with Gasteiger partial charge in [0.05, 0.1) is 5.03 Å². The number of thioether (sulfide) groups is 1. The van der Waals surface area contributed by atoms with Crippen molar-refractivity contribution >= 4 is 11.8 Å². The fourth-order valence-electron chi connectivity index (χ4n) is 1.46. The number of nitrogens with one attached hydrogen (secondary N) is 1. The minimum atomic E-state index is 0.742. The Balaban J connectivity index is 2.12. The Morgan fingerprint density at radius 2 is 2.07 bits per heavy atom. The van der Waals surface area contributed by atoms with Crippen molar-refractivity contribution < 1.29 is 4.74 Å². The molecule has 3 heteroatoms. The van der Waals surface area contributed by atoms with Crippen LogP contribution in [0.2, 0.25) is 0 Å². The van der Waals surface area contributed by atoms with Crippen LogP contribution in [-0.4, -0.2) is 19.8 Å². The molecule has 0 bridgehead atoms. The van der Waals surface area contributed by atoms with Gasteiger partial charge in [-0.15, -0.1) is 0 Å². The monoisotopic (exact) mass is 213 g/mol. The second kappa shape index (κ2) is 6.14. The van der Waals surface area contributed by atoms with Crippen molar-refractivity contribution in [3.8, 4) is 0 Å². The molecule has 0 aromatic carbocycles. The molecule has 80 valence electrons. The van der Waals surface area contributed by atoms with E-state index in [2.05, 4.69) is 18.5 Å². The van der Waals surface area contributed by atoms with Crippen molar-refractivity contribution in [3.05, 3.63) is 23.1 Å². The fraction of sp³-hybridized carbons (Fsp3) is 0.636. The molecule has 1 aliphatic rings. The van der Waals surface area contributed by atoms with Crippen LogP contribution >= 0.6 is 11.8 Å². The van der Waals surface area contributed by atoms with Gasteiger partial charge >= 0.3 is 0 Å². The first-order chi connectivity index (χ1) is 6.68. The van der Waals surface area contributed by atoms with Gasteiger partial charge in [0.25, 0.3) is 0 Å². The smallest absolute Gasteiger partial charge is 0.0653 e. The van der Waals surface area contributed by atoms with Gasteiger partial charge in [-0.25, -0.2) is 0 Å². The average molecular weight is 213 g/mol. The summed E-state index contributed by atoms with van der Waals surface area (Å²) in [7, 11) is 0. The lowest BCUT2D eigenvalue weighted by Crippen LogP contribution is -2.26. The summed E-state index contributed by atoms with van der Waals surface area (Å²) < 4.78 is 5.30. The zero-order chi connectivity index (χ0) is 10.4. The molecule has 0 aliphatic carbocycles. The van der Waals surface area contributed by atoms with E-state index in [1.54, 1.807) is 11.8 Å². The van der Waals surface area contributed by atoms with E-state index in [1.165, 1.54) is 0 Å². The first-order valence-electron chi connectivity index (χ1n) is 5.02. The van der Waals surface area contributed by atoms with Gasteiger partial charge < -0.3 is 10.1 Å². The number of rotatable bonds is 5. The van der Waals surface area contributed by atoms with Gasteiger partial charge in [-0.1, -0.05) is 24.9 Å². The molecule has 0 aromatic heterocycles. The molecule has 1 N–H and O–H groups in total. The minimum absolute atomic E-state index is 0.742. The van der Waals surface area contributed by atoms with Crippen LogP contribution in [0.4, 0.5) is 0 Å². The molecule has 0 aromatic rings. The van der Waals surface area contributed by atoms with E-state index in [1.807, 2.05) is 6.92 Å². The van der Waals surface area contributed by atoms with E-state index in [0.717, 1.165) is 48.5 Å². The van der Waals surface area contributed by atoms with Crippen LogP contribution < -0.4 is 5.32 Å². The SMILES string of the molecule is C=C(C)SC(=C)NCC1CCOCC1. The Kier molecular flexibility index (Phi) is 5.12. The normalized spacial score (nSPS) is 17.8. The third kappa shape index (κ3) is 4.72. The van der Waals surface area contributed by atoms with Crippen molar-refractivity contribution in [1.82, 2.24) is 5.32 Å². The van der Waals surface area contributed by atoms with E-state index in [-0.39, 0.29) is 0 Å². The first-order valence-corrected chi connectivity index (χ1v) is 5.84. The third-order valence-corrected chi connectivity index (χ3v) is 2.97. The predicted octanol–water partition coefficient (Wildman–Crippen LogP) is 2.74. The van der Waals surface area contributed by atoms with E-state index in [9.17, 15) is 0 Å². The van der Waals surface area contributed by atoms with Crippen molar-refractivity contribution in [3.63, 3.8) is 0 Å². The van der Waals surface area contributed by atoms with Crippen LogP contribution in [0.25, 0.3) is 0 Å². The Morgan fingerprint density at radius 1 is 1.43 bits per heavy atom. The zero-order valence-electron chi connectivity index (χ0n) is 8.84. The topological polar surface area (TPSA) is 21.3 Å². The Labute approximate surface area is 90.8 Å². The highest BCUT2D eigenvalue weighted by Crippen LogP contribution is 2.20. The van der Waals surface area contributed by atoms with Crippen molar-refractivity contribution in [2.75, 3.05) is 19.8 Å². The second-order valence-electron chi connectivity index (χ2n) is 3.66. The van der Waals surface area contributed by atoms with Crippen LogP contribution in [0, 0.1) is 5.92 Å². The molecule has 0 saturated carbocycles. The molecule has 2 nitrogen and oxygen atoms in total.